The van der Waals surface area contributed by atoms with Gasteiger partial charge in [0, 0.05) is 35.6 Å². The highest BCUT2D eigenvalue weighted by atomic mass is 15.2. The van der Waals surface area contributed by atoms with Gasteiger partial charge >= 0.3 is 0 Å². The molecule has 0 bridgehead atoms. The van der Waals surface area contributed by atoms with E-state index < -0.39 is 0 Å². The first-order chi connectivity index (χ1) is 13.3. The minimum atomic E-state index is 0.590. The molecule has 0 amide bonds. The van der Waals surface area contributed by atoms with E-state index in [2.05, 4.69) is 56.6 Å². The zero-order valence-corrected chi connectivity index (χ0v) is 15.1. The van der Waals surface area contributed by atoms with Crippen LogP contribution in [0.5, 0.6) is 0 Å². The molecule has 0 aliphatic carbocycles. The van der Waals surface area contributed by atoms with Crippen LogP contribution in [-0.4, -0.2) is 21.5 Å². The van der Waals surface area contributed by atoms with Crippen molar-refractivity contribution in [3.05, 3.63) is 78.1 Å². The molecule has 2 aromatic carbocycles. The number of aryl methyl sites for hydroxylation is 1. The molecule has 0 fully saturated rings. The minimum Gasteiger partial charge on any atom is -0.326 e. The van der Waals surface area contributed by atoms with Gasteiger partial charge in [-0.3, -0.25) is 4.98 Å². The van der Waals surface area contributed by atoms with Crippen LogP contribution in [-0.2, 0) is 6.42 Å². The largest absolute Gasteiger partial charge is 0.326 e. The van der Waals surface area contributed by atoms with Gasteiger partial charge in [0.2, 0.25) is 5.95 Å². The Hall–Kier alpha value is -3.47. The summed E-state index contributed by atoms with van der Waals surface area (Å²) in [6.45, 7) is 2.94. The van der Waals surface area contributed by atoms with Crippen molar-refractivity contribution < 1.29 is 0 Å². The van der Waals surface area contributed by atoms with E-state index in [1.54, 1.807) is 6.20 Å². The molecule has 1 aliphatic rings. The number of para-hydroxylation sites is 2. The van der Waals surface area contributed by atoms with Crippen LogP contribution in [0.4, 0.5) is 23.1 Å². The molecule has 0 atom stereocenters. The average Bonchev–Trinajstić information content (AvgIpc) is 3.12. The second kappa shape index (κ2) is 6.36. The van der Waals surface area contributed by atoms with Gasteiger partial charge in [0.15, 0.2) is 0 Å². The lowest BCUT2D eigenvalue weighted by Gasteiger charge is -2.19. The number of benzene rings is 2. The number of fused-ring (bicyclic) bond motifs is 2. The van der Waals surface area contributed by atoms with E-state index in [1.807, 2.05) is 31.2 Å². The van der Waals surface area contributed by atoms with Gasteiger partial charge in [0.25, 0.3) is 0 Å². The first-order valence-electron chi connectivity index (χ1n) is 9.10. The minimum absolute atomic E-state index is 0.590. The molecule has 5 heteroatoms. The van der Waals surface area contributed by atoms with Crippen LogP contribution in [0.3, 0.4) is 0 Å². The molecule has 4 aromatic rings. The van der Waals surface area contributed by atoms with Gasteiger partial charge in [-0.05, 0) is 37.1 Å². The standard InChI is InChI=1S/C22H19N5/c1-15-14-20(27-13-11-16-6-2-3-10-19(16)27)26-22(24-15)25-18-9-4-7-17-8-5-12-23-21(17)18/h2-10,12,14H,11,13H2,1H3,(H,24,25,26). The number of nitrogens with one attached hydrogen (secondary N) is 1. The van der Waals surface area contributed by atoms with Gasteiger partial charge in [0.05, 0.1) is 11.2 Å². The van der Waals surface area contributed by atoms with E-state index in [-0.39, 0.29) is 0 Å². The third kappa shape index (κ3) is 2.87. The predicted octanol–water partition coefficient (Wildman–Crippen LogP) is 4.77. The Bertz CT molecular complexity index is 1130. The summed E-state index contributed by atoms with van der Waals surface area (Å²) in [6.07, 6.45) is 2.84. The van der Waals surface area contributed by atoms with Crippen molar-refractivity contribution in [2.45, 2.75) is 13.3 Å². The Balaban J connectivity index is 1.53. The van der Waals surface area contributed by atoms with Crippen molar-refractivity contribution >= 4 is 34.0 Å². The van der Waals surface area contributed by atoms with Gasteiger partial charge in [-0.15, -0.1) is 0 Å². The molecule has 2 aromatic heterocycles. The SMILES string of the molecule is Cc1cc(N2CCc3ccccc32)nc(Nc2cccc3cccnc23)n1. The van der Waals surface area contributed by atoms with Crippen LogP contribution in [0.15, 0.2) is 66.9 Å². The van der Waals surface area contributed by atoms with Crippen LogP contribution in [0, 0.1) is 6.92 Å². The Kier molecular flexibility index (Phi) is 3.71. The summed E-state index contributed by atoms with van der Waals surface area (Å²) in [5, 5.41) is 4.45. The maximum absolute atomic E-state index is 4.79. The Morgan fingerprint density at radius 1 is 0.963 bits per heavy atom. The summed E-state index contributed by atoms with van der Waals surface area (Å²) in [7, 11) is 0. The highest BCUT2D eigenvalue weighted by Gasteiger charge is 2.21. The van der Waals surface area contributed by atoms with E-state index in [1.165, 1.54) is 11.3 Å². The van der Waals surface area contributed by atoms with E-state index in [0.717, 1.165) is 41.1 Å². The average molecular weight is 353 g/mol. The van der Waals surface area contributed by atoms with Gasteiger partial charge in [-0.25, -0.2) is 4.98 Å². The Morgan fingerprint density at radius 3 is 2.81 bits per heavy atom. The lowest BCUT2D eigenvalue weighted by Crippen LogP contribution is -2.16. The molecule has 27 heavy (non-hydrogen) atoms. The molecular weight excluding hydrogens is 334 g/mol. The van der Waals surface area contributed by atoms with Crippen molar-refractivity contribution in [1.29, 1.82) is 0 Å². The second-order valence-electron chi connectivity index (χ2n) is 6.73. The van der Waals surface area contributed by atoms with Crippen LogP contribution in [0.2, 0.25) is 0 Å². The van der Waals surface area contributed by atoms with E-state index in [0.29, 0.717) is 5.95 Å². The topological polar surface area (TPSA) is 53.9 Å². The zero-order chi connectivity index (χ0) is 18.2. The molecule has 1 N–H and O–H groups in total. The van der Waals surface area contributed by atoms with Crippen molar-refractivity contribution in [3.8, 4) is 0 Å². The predicted molar refractivity (Wildman–Crippen MR) is 109 cm³/mol. The molecule has 0 saturated carbocycles. The Labute approximate surface area is 157 Å². The lowest BCUT2D eigenvalue weighted by atomic mass is 10.2. The fraction of sp³-hybridized carbons (Fsp3) is 0.136. The van der Waals surface area contributed by atoms with E-state index in [9.17, 15) is 0 Å². The van der Waals surface area contributed by atoms with Crippen molar-refractivity contribution in [3.63, 3.8) is 0 Å². The molecule has 0 saturated heterocycles. The second-order valence-corrected chi connectivity index (χ2v) is 6.73. The number of aromatic nitrogens is 3. The summed E-state index contributed by atoms with van der Waals surface area (Å²) in [6, 6.07) is 20.6. The monoisotopic (exact) mass is 353 g/mol. The molecular formula is C22H19N5. The van der Waals surface area contributed by atoms with Crippen molar-refractivity contribution in [1.82, 2.24) is 15.0 Å². The molecule has 5 rings (SSSR count). The maximum atomic E-state index is 4.79. The number of hydrogen-bond donors (Lipinski definition) is 1. The summed E-state index contributed by atoms with van der Waals surface area (Å²) >= 11 is 0. The number of anilines is 4. The summed E-state index contributed by atoms with van der Waals surface area (Å²) in [5.74, 6) is 1.51. The van der Waals surface area contributed by atoms with E-state index in [4.69, 9.17) is 4.98 Å². The summed E-state index contributed by atoms with van der Waals surface area (Å²) in [5.41, 5.74) is 5.35. The van der Waals surface area contributed by atoms with Crippen molar-refractivity contribution in [2.24, 2.45) is 0 Å². The lowest BCUT2D eigenvalue weighted by molar-refractivity contribution is 0.959. The maximum Gasteiger partial charge on any atom is 0.229 e. The Morgan fingerprint density at radius 2 is 1.85 bits per heavy atom. The molecule has 1 aliphatic heterocycles. The van der Waals surface area contributed by atoms with Crippen molar-refractivity contribution in [2.75, 3.05) is 16.8 Å². The number of rotatable bonds is 3. The summed E-state index contributed by atoms with van der Waals surface area (Å²) in [4.78, 5) is 16.1. The third-order valence-corrected chi connectivity index (χ3v) is 4.88. The van der Waals surface area contributed by atoms with Crippen LogP contribution >= 0.6 is 0 Å². The normalized spacial score (nSPS) is 13.0. The number of pyridine rings is 1. The number of nitrogens with zero attached hydrogens (tertiary/aromatic N) is 4. The van der Waals surface area contributed by atoms with Crippen LogP contribution in [0.25, 0.3) is 10.9 Å². The van der Waals surface area contributed by atoms with E-state index >= 15 is 0 Å². The zero-order valence-electron chi connectivity index (χ0n) is 15.1. The molecule has 0 unspecified atom stereocenters. The number of hydrogen-bond acceptors (Lipinski definition) is 5. The molecule has 0 radical (unpaired) electrons. The molecule has 3 heterocycles. The fourth-order valence-corrected chi connectivity index (χ4v) is 3.65. The molecule has 5 nitrogen and oxygen atoms in total. The van der Waals surface area contributed by atoms with Gasteiger partial charge in [-0.1, -0.05) is 36.4 Å². The third-order valence-electron chi connectivity index (χ3n) is 4.88. The molecule has 132 valence electrons. The van der Waals surface area contributed by atoms with Gasteiger partial charge in [0.1, 0.15) is 5.82 Å². The van der Waals surface area contributed by atoms with Crippen LogP contribution in [0.1, 0.15) is 11.3 Å². The highest BCUT2D eigenvalue weighted by molar-refractivity contribution is 5.91. The fourth-order valence-electron chi connectivity index (χ4n) is 3.65. The van der Waals surface area contributed by atoms with Crippen LogP contribution < -0.4 is 10.2 Å². The highest BCUT2D eigenvalue weighted by Crippen LogP contribution is 2.34. The first kappa shape index (κ1) is 15.8. The van der Waals surface area contributed by atoms with Gasteiger partial charge < -0.3 is 10.2 Å². The molecule has 0 spiro atoms. The summed E-state index contributed by atoms with van der Waals surface area (Å²) < 4.78 is 0. The van der Waals surface area contributed by atoms with Gasteiger partial charge in [-0.2, -0.15) is 4.98 Å². The smallest absolute Gasteiger partial charge is 0.229 e. The first-order valence-corrected chi connectivity index (χ1v) is 9.10. The quantitative estimate of drug-likeness (QED) is 0.575.